The molecule has 8 nitrogen and oxygen atoms in total. The lowest BCUT2D eigenvalue weighted by molar-refractivity contribution is -0.0584. The van der Waals surface area contributed by atoms with Gasteiger partial charge in [-0.25, -0.2) is 13.2 Å². The Morgan fingerprint density at radius 2 is 1.40 bits per heavy atom. The summed E-state index contributed by atoms with van der Waals surface area (Å²) in [5.74, 6) is -2.39. The molecule has 1 heterocycles. The van der Waals surface area contributed by atoms with Crippen LogP contribution in [0, 0.1) is 0 Å². The highest BCUT2D eigenvalue weighted by Crippen LogP contribution is 2.24. The predicted molar refractivity (Wildman–Crippen MR) is 108 cm³/mol. The van der Waals surface area contributed by atoms with Crippen molar-refractivity contribution in [1.82, 2.24) is 9.37 Å². The van der Waals surface area contributed by atoms with E-state index in [0.717, 1.165) is 0 Å². The van der Waals surface area contributed by atoms with E-state index in [1.807, 2.05) is 13.8 Å². The fraction of sp³-hybridized carbons (Fsp3) is 0.286. The van der Waals surface area contributed by atoms with Gasteiger partial charge in [0, 0.05) is 13.1 Å². The number of benzene rings is 2. The number of nitrogens with zero attached hydrogens (tertiary/aromatic N) is 2. The van der Waals surface area contributed by atoms with Crippen LogP contribution in [0.2, 0.25) is 0 Å². The van der Waals surface area contributed by atoms with Crippen molar-refractivity contribution < 1.29 is 27.6 Å². The van der Waals surface area contributed by atoms with E-state index in [0.29, 0.717) is 31.0 Å². The van der Waals surface area contributed by atoms with Gasteiger partial charge in [0.25, 0.3) is 11.8 Å². The van der Waals surface area contributed by atoms with E-state index in [-0.39, 0.29) is 21.6 Å². The first-order chi connectivity index (χ1) is 14.3. The molecule has 2 aromatic rings. The molecule has 0 spiro atoms. The van der Waals surface area contributed by atoms with E-state index in [2.05, 4.69) is 0 Å². The maximum Gasteiger partial charge on any atom is 0.363 e. The monoisotopic (exact) mass is 430 g/mol. The molecule has 30 heavy (non-hydrogen) atoms. The van der Waals surface area contributed by atoms with Gasteiger partial charge in [-0.15, -0.1) is 0 Å². The second-order valence-electron chi connectivity index (χ2n) is 6.76. The molecule has 0 N–H and O–H groups in total. The van der Waals surface area contributed by atoms with Crippen LogP contribution in [-0.4, -0.2) is 48.7 Å². The molecule has 9 heteroatoms. The van der Waals surface area contributed by atoms with Crippen LogP contribution in [0.3, 0.4) is 0 Å². The number of hydroxylamine groups is 2. The highest BCUT2D eigenvalue weighted by Gasteiger charge is 2.38. The van der Waals surface area contributed by atoms with Gasteiger partial charge in [0.2, 0.25) is 10.0 Å². The summed E-state index contributed by atoms with van der Waals surface area (Å²) in [5.41, 5.74) is 0.329. The van der Waals surface area contributed by atoms with Crippen LogP contribution in [0.5, 0.6) is 0 Å². The maximum atomic E-state index is 12.8. The summed E-state index contributed by atoms with van der Waals surface area (Å²) in [6.45, 7) is 4.60. The minimum Gasteiger partial charge on any atom is -0.324 e. The molecular weight excluding hydrogens is 408 g/mol. The summed E-state index contributed by atoms with van der Waals surface area (Å²) >= 11 is 0. The molecule has 0 unspecified atom stereocenters. The number of hydrogen-bond acceptors (Lipinski definition) is 6. The molecule has 0 fully saturated rings. The molecular formula is C21H22N2O6S. The summed E-state index contributed by atoms with van der Waals surface area (Å²) in [5, 5.41) is 0.419. The van der Waals surface area contributed by atoms with E-state index >= 15 is 0 Å². The average Bonchev–Trinajstić information content (AvgIpc) is 2.98. The lowest BCUT2D eigenvalue weighted by Gasteiger charge is -2.21. The Kier molecular flexibility index (Phi) is 6.33. The Balaban J connectivity index is 1.76. The molecule has 0 atom stereocenters. The van der Waals surface area contributed by atoms with Crippen LogP contribution in [0.4, 0.5) is 0 Å². The van der Waals surface area contributed by atoms with E-state index in [1.165, 1.54) is 40.7 Å². The summed E-state index contributed by atoms with van der Waals surface area (Å²) in [6.07, 6.45) is 1.37. The number of sulfonamides is 1. The molecule has 0 saturated heterocycles. The van der Waals surface area contributed by atoms with Crippen LogP contribution >= 0.6 is 0 Å². The van der Waals surface area contributed by atoms with Crippen molar-refractivity contribution in [2.45, 2.75) is 31.6 Å². The minimum atomic E-state index is -3.68. The second-order valence-corrected chi connectivity index (χ2v) is 8.70. The van der Waals surface area contributed by atoms with Crippen molar-refractivity contribution in [3.8, 4) is 0 Å². The smallest absolute Gasteiger partial charge is 0.324 e. The lowest BCUT2D eigenvalue weighted by atomic mass is 10.1. The van der Waals surface area contributed by atoms with Crippen molar-refractivity contribution in [1.29, 1.82) is 0 Å². The minimum absolute atomic E-state index is 0.0167. The molecule has 0 saturated carbocycles. The first-order valence-electron chi connectivity index (χ1n) is 9.61. The van der Waals surface area contributed by atoms with E-state index in [9.17, 15) is 22.8 Å². The van der Waals surface area contributed by atoms with Gasteiger partial charge in [0.15, 0.2) is 0 Å². The van der Waals surface area contributed by atoms with Crippen LogP contribution in [0.1, 0.15) is 57.8 Å². The standard InChI is InChI=1S/C21H22N2O6S/c1-3-13-22(14-4-2)30(27,28)16-11-9-15(10-12-16)21(26)29-23-19(24)17-7-5-6-8-18(17)20(23)25/h5-12H,3-4,13-14H2,1-2H3. The summed E-state index contributed by atoms with van der Waals surface area (Å²) in [4.78, 5) is 42.1. The van der Waals surface area contributed by atoms with E-state index in [1.54, 1.807) is 12.1 Å². The van der Waals surface area contributed by atoms with Crippen LogP contribution in [0.25, 0.3) is 0 Å². The number of hydrogen-bond donors (Lipinski definition) is 0. The number of carbonyl (C=O) groups is 3. The zero-order valence-corrected chi connectivity index (χ0v) is 17.5. The number of rotatable bonds is 8. The van der Waals surface area contributed by atoms with Crippen LogP contribution < -0.4 is 0 Å². The molecule has 0 bridgehead atoms. The summed E-state index contributed by atoms with van der Waals surface area (Å²) in [6, 6.07) is 11.4. The van der Waals surface area contributed by atoms with Gasteiger partial charge in [-0.1, -0.05) is 31.0 Å². The maximum absolute atomic E-state index is 12.8. The molecule has 0 aliphatic carbocycles. The number of carbonyl (C=O) groups excluding carboxylic acids is 3. The first kappa shape index (κ1) is 21.7. The third kappa shape index (κ3) is 3.99. The third-order valence-corrected chi connectivity index (χ3v) is 6.52. The van der Waals surface area contributed by atoms with E-state index in [4.69, 9.17) is 4.84 Å². The SMILES string of the molecule is CCCN(CCC)S(=O)(=O)c1ccc(C(=O)ON2C(=O)c3ccccc3C2=O)cc1. The highest BCUT2D eigenvalue weighted by atomic mass is 32.2. The van der Waals surface area contributed by atoms with Gasteiger partial charge in [0.05, 0.1) is 21.6 Å². The zero-order valence-electron chi connectivity index (χ0n) is 16.7. The Labute approximate surface area is 175 Å². The number of amides is 2. The fourth-order valence-corrected chi connectivity index (χ4v) is 4.77. The van der Waals surface area contributed by atoms with Gasteiger partial charge < -0.3 is 4.84 Å². The van der Waals surface area contributed by atoms with Gasteiger partial charge in [-0.3, -0.25) is 9.59 Å². The number of imide groups is 1. The Morgan fingerprint density at radius 3 is 1.87 bits per heavy atom. The normalized spacial score (nSPS) is 13.6. The fourth-order valence-electron chi connectivity index (χ4n) is 3.15. The Morgan fingerprint density at radius 1 is 0.900 bits per heavy atom. The topological polar surface area (TPSA) is 101 Å². The predicted octanol–water partition coefficient (Wildman–Crippen LogP) is 2.87. The molecule has 2 amide bonds. The average molecular weight is 430 g/mol. The first-order valence-corrected chi connectivity index (χ1v) is 11.1. The third-order valence-electron chi connectivity index (χ3n) is 4.60. The van der Waals surface area contributed by atoms with Gasteiger partial charge in [0.1, 0.15) is 0 Å². The number of fused-ring (bicyclic) bond motifs is 1. The lowest BCUT2D eigenvalue weighted by Crippen LogP contribution is -2.33. The van der Waals surface area contributed by atoms with Crippen molar-refractivity contribution >= 4 is 27.8 Å². The molecule has 2 aromatic carbocycles. The summed E-state index contributed by atoms with van der Waals surface area (Å²) in [7, 11) is -3.68. The molecule has 3 rings (SSSR count). The summed E-state index contributed by atoms with van der Waals surface area (Å²) < 4.78 is 27.0. The molecule has 0 radical (unpaired) electrons. The van der Waals surface area contributed by atoms with Crippen molar-refractivity contribution in [3.63, 3.8) is 0 Å². The van der Waals surface area contributed by atoms with Gasteiger partial charge in [-0.05, 0) is 49.2 Å². The zero-order chi connectivity index (χ0) is 21.9. The van der Waals surface area contributed by atoms with Crippen molar-refractivity contribution in [2.75, 3.05) is 13.1 Å². The van der Waals surface area contributed by atoms with Gasteiger partial charge >= 0.3 is 5.97 Å². The second kappa shape index (κ2) is 8.76. The molecule has 1 aliphatic rings. The molecule has 158 valence electrons. The largest absolute Gasteiger partial charge is 0.363 e. The Hall–Kier alpha value is -3.04. The van der Waals surface area contributed by atoms with Crippen LogP contribution in [0.15, 0.2) is 53.4 Å². The van der Waals surface area contributed by atoms with Gasteiger partial charge in [-0.2, -0.15) is 4.31 Å². The highest BCUT2D eigenvalue weighted by molar-refractivity contribution is 7.89. The van der Waals surface area contributed by atoms with Crippen molar-refractivity contribution in [2.24, 2.45) is 0 Å². The van der Waals surface area contributed by atoms with E-state index < -0.39 is 27.8 Å². The molecule has 1 aliphatic heterocycles. The molecule has 0 aromatic heterocycles. The van der Waals surface area contributed by atoms with Crippen molar-refractivity contribution in [3.05, 3.63) is 65.2 Å². The Bertz CT molecular complexity index is 1040. The quantitative estimate of drug-likeness (QED) is 0.597. The van der Waals surface area contributed by atoms with Crippen LogP contribution in [-0.2, 0) is 14.9 Å².